The van der Waals surface area contributed by atoms with E-state index in [0.717, 1.165) is 0 Å². The molecular formula is C17H27N3O5. The fourth-order valence-corrected chi connectivity index (χ4v) is 1.95. The Morgan fingerprint density at radius 3 is 2.20 bits per heavy atom. The first-order chi connectivity index (χ1) is 11.4. The van der Waals surface area contributed by atoms with Gasteiger partial charge in [-0.25, -0.2) is 4.79 Å². The molecule has 0 aliphatic carbocycles. The fraction of sp³-hybridized carbons (Fsp3) is 0.647. The molecule has 0 radical (unpaired) electrons. The van der Waals surface area contributed by atoms with Crippen LogP contribution in [0, 0.1) is 12.8 Å². The summed E-state index contributed by atoms with van der Waals surface area (Å²) >= 11 is 0. The molecule has 2 amide bonds. The van der Waals surface area contributed by atoms with Crippen LogP contribution >= 0.6 is 0 Å². The van der Waals surface area contributed by atoms with Gasteiger partial charge in [-0.15, -0.1) is 0 Å². The highest BCUT2D eigenvalue weighted by molar-refractivity contribution is 5.96. The van der Waals surface area contributed by atoms with Crippen LogP contribution in [0.5, 0.6) is 0 Å². The van der Waals surface area contributed by atoms with Crippen molar-refractivity contribution in [1.29, 1.82) is 0 Å². The zero-order valence-corrected chi connectivity index (χ0v) is 15.8. The summed E-state index contributed by atoms with van der Waals surface area (Å²) in [5, 5.41) is 8.74. The Morgan fingerprint density at radius 2 is 1.76 bits per heavy atom. The molecule has 0 saturated carbocycles. The van der Waals surface area contributed by atoms with Gasteiger partial charge in [0, 0.05) is 6.07 Å². The van der Waals surface area contributed by atoms with E-state index < -0.39 is 35.5 Å². The van der Waals surface area contributed by atoms with E-state index in [2.05, 4.69) is 15.8 Å². The van der Waals surface area contributed by atoms with Gasteiger partial charge in [0.15, 0.2) is 5.69 Å². The first-order valence-corrected chi connectivity index (χ1v) is 8.18. The number of hydrogen-bond donors (Lipinski definition) is 2. The van der Waals surface area contributed by atoms with Crippen LogP contribution in [0.15, 0.2) is 10.6 Å². The number of carbonyl (C=O) groups excluding carboxylic acids is 3. The summed E-state index contributed by atoms with van der Waals surface area (Å²) in [6, 6.07) is -0.189. The average molecular weight is 353 g/mol. The van der Waals surface area contributed by atoms with Crippen LogP contribution in [0.3, 0.4) is 0 Å². The molecule has 1 aromatic rings. The van der Waals surface area contributed by atoms with Crippen LogP contribution in [-0.4, -0.2) is 40.6 Å². The number of hydrogen-bond acceptors (Lipinski definition) is 6. The SMILES string of the molecule is Cc1cc(C(=O)N[C@@H](C)C(=O)N[C@H](C(=O)OC(C)(C)C)C(C)C)no1. The molecule has 0 aliphatic rings. The van der Waals surface area contributed by atoms with Crippen LogP contribution in [-0.2, 0) is 14.3 Å². The Balaban J connectivity index is 2.69. The lowest BCUT2D eigenvalue weighted by atomic mass is 10.0. The second-order valence-electron chi connectivity index (χ2n) is 7.28. The molecule has 0 aliphatic heterocycles. The van der Waals surface area contributed by atoms with Gasteiger partial charge in [-0.1, -0.05) is 19.0 Å². The molecule has 0 bridgehead atoms. The molecular weight excluding hydrogens is 326 g/mol. The molecule has 0 saturated heterocycles. The van der Waals surface area contributed by atoms with Gasteiger partial charge in [-0.3, -0.25) is 9.59 Å². The number of carbonyl (C=O) groups is 3. The average Bonchev–Trinajstić information content (AvgIpc) is 2.88. The molecule has 0 unspecified atom stereocenters. The maximum atomic E-state index is 12.3. The van der Waals surface area contributed by atoms with Gasteiger partial charge < -0.3 is 19.9 Å². The van der Waals surface area contributed by atoms with Crippen LogP contribution in [0.4, 0.5) is 0 Å². The topological polar surface area (TPSA) is 111 Å². The number of esters is 1. The molecule has 0 spiro atoms. The van der Waals surface area contributed by atoms with Gasteiger partial charge in [0.05, 0.1) is 0 Å². The minimum absolute atomic E-state index is 0.0877. The third kappa shape index (κ3) is 6.56. The maximum Gasteiger partial charge on any atom is 0.329 e. The van der Waals surface area contributed by atoms with Gasteiger partial charge in [-0.05, 0) is 40.5 Å². The summed E-state index contributed by atoms with van der Waals surface area (Å²) in [5.41, 5.74) is -0.565. The molecule has 0 aromatic carbocycles. The molecule has 2 N–H and O–H groups in total. The van der Waals surface area contributed by atoms with Gasteiger partial charge in [0.25, 0.3) is 5.91 Å². The van der Waals surface area contributed by atoms with Crippen molar-refractivity contribution in [3.8, 4) is 0 Å². The van der Waals surface area contributed by atoms with Crippen molar-refractivity contribution in [2.24, 2.45) is 5.92 Å². The standard InChI is InChI=1S/C17H27N3O5/c1-9(2)13(16(23)24-17(5,6)7)19-14(21)11(4)18-15(22)12-8-10(3)25-20-12/h8-9,11,13H,1-7H3,(H,18,22)(H,19,21)/t11-,13-/m0/s1. The predicted molar refractivity (Wildman–Crippen MR) is 90.8 cm³/mol. The van der Waals surface area contributed by atoms with E-state index in [9.17, 15) is 14.4 Å². The fourth-order valence-electron chi connectivity index (χ4n) is 1.95. The van der Waals surface area contributed by atoms with Crippen molar-refractivity contribution < 1.29 is 23.6 Å². The molecule has 0 fully saturated rings. The Morgan fingerprint density at radius 1 is 1.16 bits per heavy atom. The number of aromatic nitrogens is 1. The van der Waals surface area contributed by atoms with E-state index in [4.69, 9.17) is 9.26 Å². The summed E-state index contributed by atoms with van der Waals surface area (Å²) < 4.78 is 10.2. The first-order valence-electron chi connectivity index (χ1n) is 8.18. The number of aryl methyl sites for hydroxylation is 1. The summed E-state index contributed by atoms with van der Waals surface area (Å²) in [7, 11) is 0. The Bertz CT molecular complexity index is 630. The minimum Gasteiger partial charge on any atom is -0.458 e. The molecule has 1 rings (SSSR count). The lowest BCUT2D eigenvalue weighted by Gasteiger charge is -2.27. The normalized spacial score (nSPS) is 13.9. The molecule has 25 heavy (non-hydrogen) atoms. The van der Waals surface area contributed by atoms with Crippen LogP contribution in [0.1, 0.15) is 57.8 Å². The number of nitrogens with one attached hydrogen (secondary N) is 2. The highest BCUT2D eigenvalue weighted by Crippen LogP contribution is 2.12. The quantitative estimate of drug-likeness (QED) is 0.751. The number of nitrogens with zero attached hydrogens (tertiary/aromatic N) is 1. The molecule has 8 heteroatoms. The van der Waals surface area contributed by atoms with Gasteiger partial charge in [0.2, 0.25) is 5.91 Å². The largest absolute Gasteiger partial charge is 0.458 e. The summed E-state index contributed by atoms with van der Waals surface area (Å²) in [4.78, 5) is 36.6. The van der Waals surface area contributed by atoms with Gasteiger partial charge in [-0.2, -0.15) is 0 Å². The molecule has 2 atom stereocenters. The lowest BCUT2D eigenvalue weighted by Crippen LogP contribution is -2.53. The van der Waals surface area contributed by atoms with Crippen LogP contribution < -0.4 is 10.6 Å². The zero-order valence-electron chi connectivity index (χ0n) is 15.8. The van der Waals surface area contributed by atoms with E-state index in [-0.39, 0.29) is 11.6 Å². The summed E-state index contributed by atoms with van der Waals surface area (Å²) in [5.74, 6) is -1.20. The Kier molecular flexibility index (Phi) is 6.72. The van der Waals surface area contributed by atoms with Crippen molar-refractivity contribution in [1.82, 2.24) is 15.8 Å². The van der Waals surface area contributed by atoms with Crippen molar-refractivity contribution in [3.05, 3.63) is 17.5 Å². The highest BCUT2D eigenvalue weighted by Gasteiger charge is 2.31. The Hall–Kier alpha value is -2.38. The predicted octanol–water partition coefficient (Wildman–Crippen LogP) is 1.58. The van der Waals surface area contributed by atoms with Crippen molar-refractivity contribution in [2.45, 2.75) is 66.2 Å². The van der Waals surface area contributed by atoms with Crippen LogP contribution in [0.25, 0.3) is 0 Å². The highest BCUT2D eigenvalue weighted by atomic mass is 16.6. The summed E-state index contributed by atoms with van der Waals surface area (Å²) in [6.45, 7) is 12.1. The third-order valence-corrected chi connectivity index (χ3v) is 3.23. The maximum absolute atomic E-state index is 12.3. The number of ether oxygens (including phenoxy) is 1. The van der Waals surface area contributed by atoms with E-state index >= 15 is 0 Å². The van der Waals surface area contributed by atoms with Crippen LogP contribution in [0.2, 0.25) is 0 Å². The Labute approximate surface area is 147 Å². The smallest absolute Gasteiger partial charge is 0.329 e. The van der Waals surface area contributed by atoms with Crippen molar-refractivity contribution in [2.75, 3.05) is 0 Å². The molecule has 1 heterocycles. The second-order valence-corrected chi connectivity index (χ2v) is 7.28. The lowest BCUT2D eigenvalue weighted by molar-refractivity contribution is -0.160. The third-order valence-electron chi connectivity index (χ3n) is 3.23. The van der Waals surface area contributed by atoms with Gasteiger partial charge >= 0.3 is 5.97 Å². The monoisotopic (exact) mass is 353 g/mol. The molecule has 140 valence electrons. The van der Waals surface area contributed by atoms with Crippen molar-refractivity contribution in [3.63, 3.8) is 0 Å². The second kappa shape index (κ2) is 8.13. The van der Waals surface area contributed by atoms with E-state index in [0.29, 0.717) is 5.76 Å². The first kappa shape index (κ1) is 20.7. The zero-order chi connectivity index (χ0) is 19.4. The minimum atomic E-state index is -0.854. The molecule has 8 nitrogen and oxygen atoms in total. The number of amides is 2. The summed E-state index contributed by atoms with van der Waals surface area (Å²) in [6.07, 6.45) is 0. The van der Waals surface area contributed by atoms with Gasteiger partial charge in [0.1, 0.15) is 23.4 Å². The molecule has 1 aromatic heterocycles. The van der Waals surface area contributed by atoms with Crippen molar-refractivity contribution >= 4 is 17.8 Å². The number of rotatable bonds is 6. The van der Waals surface area contributed by atoms with E-state index in [1.807, 2.05) is 0 Å². The van der Waals surface area contributed by atoms with E-state index in [1.54, 1.807) is 41.5 Å². The van der Waals surface area contributed by atoms with E-state index in [1.165, 1.54) is 13.0 Å².